The molecule has 2 aromatic heterocycles. The molecule has 2 heterocycles. The summed E-state index contributed by atoms with van der Waals surface area (Å²) in [7, 11) is 0. The summed E-state index contributed by atoms with van der Waals surface area (Å²) in [6.45, 7) is 5.53. The van der Waals surface area contributed by atoms with Gasteiger partial charge >= 0.3 is 0 Å². The van der Waals surface area contributed by atoms with E-state index in [1.807, 2.05) is 62.4 Å². The first-order valence-corrected chi connectivity index (χ1v) is 11.4. The Morgan fingerprint density at radius 3 is 2.48 bits per heavy atom. The quantitative estimate of drug-likeness (QED) is 0.322. The predicted octanol–water partition coefficient (Wildman–Crippen LogP) is 3.67. The van der Waals surface area contributed by atoms with E-state index in [-0.39, 0.29) is 18.4 Å². The van der Waals surface area contributed by atoms with E-state index in [2.05, 4.69) is 25.7 Å². The van der Waals surface area contributed by atoms with Crippen LogP contribution in [-0.4, -0.2) is 43.4 Å². The van der Waals surface area contributed by atoms with Gasteiger partial charge in [-0.2, -0.15) is 5.10 Å². The summed E-state index contributed by atoms with van der Waals surface area (Å²) < 4.78 is 1.74. The van der Waals surface area contributed by atoms with Gasteiger partial charge in [-0.25, -0.2) is 14.6 Å². The summed E-state index contributed by atoms with van der Waals surface area (Å²) in [6, 6.07) is 15.5. The third-order valence-corrected chi connectivity index (χ3v) is 6.27. The molecule has 9 heteroatoms. The zero-order valence-electron chi connectivity index (χ0n) is 18.6. The molecule has 2 aromatic carbocycles. The molecule has 1 atom stereocenters. The van der Waals surface area contributed by atoms with Crippen LogP contribution in [0.25, 0.3) is 16.7 Å². The molecule has 0 aliphatic rings. The van der Waals surface area contributed by atoms with E-state index in [0.717, 1.165) is 27.9 Å². The minimum absolute atomic E-state index is 0.109. The van der Waals surface area contributed by atoms with Crippen LogP contribution in [0.5, 0.6) is 0 Å². The van der Waals surface area contributed by atoms with Gasteiger partial charge < -0.3 is 10.6 Å². The van der Waals surface area contributed by atoms with Crippen molar-refractivity contribution >= 4 is 40.3 Å². The Morgan fingerprint density at radius 1 is 1.03 bits per heavy atom. The largest absolute Gasteiger partial charge is 0.346 e. The highest BCUT2D eigenvalue weighted by Gasteiger charge is 2.19. The molecule has 0 aliphatic carbocycles. The Morgan fingerprint density at radius 2 is 1.76 bits per heavy atom. The summed E-state index contributed by atoms with van der Waals surface area (Å²) in [5.74, 6) is -0.523. The molecule has 168 valence electrons. The summed E-state index contributed by atoms with van der Waals surface area (Å²) in [5, 5.41) is 11.0. The van der Waals surface area contributed by atoms with E-state index in [4.69, 9.17) is 0 Å². The van der Waals surface area contributed by atoms with Crippen LogP contribution in [0.15, 0.2) is 66.1 Å². The molecule has 4 rings (SSSR count). The second-order valence-electron chi connectivity index (χ2n) is 7.60. The molecular weight excluding hydrogens is 436 g/mol. The molecule has 0 saturated heterocycles. The third-order valence-electron chi connectivity index (χ3n) is 5.16. The SMILES string of the molecule is Cc1cccc(C)c1NC(=O)CNC(=O)C(C)Sc1ncnc2c1cnn2-c1ccccc1. The Balaban J connectivity index is 1.40. The number of carbonyl (C=O) groups is 2. The van der Waals surface area contributed by atoms with Crippen LogP contribution < -0.4 is 10.6 Å². The van der Waals surface area contributed by atoms with Gasteiger partial charge in [0, 0.05) is 5.69 Å². The van der Waals surface area contributed by atoms with Gasteiger partial charge in [-0.15, -0.1) is 0 Å². The van der Waals surface area contributed by atoms with Crippen LogP contribution >= 0.6 is 11.8 Å². The van der Waals surface area contributed by atoms with Gasteiger partial charge in [0.15, 0.2) is 5.65 Å². The Labute approximate surface area is 195 Å². The van der Waals surface area contributed by atoms with E-state index in [9.17, 15) is 9.59 Å². The fraction of sp³-hybridized carbons (Fsp3) is 0.208. The lowest BCUT2D eigenvalue weighted by molar-refractivity contribution is -0.123. The number of amides is 2. The van der Waals surface area contributed by atoms with Gasteiger partial charge in [0.2, 0.25) is 11.8 Å². The second-order valence-corrected chi connectivity index (χ2v) is 8.93. The van der Waals surface area contributed by atoms with Crippen molar-refractivity contribution in [3.63, 3.8) is 0 Å². The minimum Gasteiger partial charge on any atom is -0.346 e. The van der Waals surface area contributed by atoms with Gasteiger partial charge in [0.25, 0.3) is 0 Å². The molecular formula is C24H24N6O2S. The lowest BCUT2D eigenvalue weighted by atomic mass is 10.1. The number of nitrogens with zero attached hydrogens (tertiary/aromatic N) is 4. The molecule has 0 radical (unpaired) electrons. The fourth-order valence-electron chi connectivity index (χ4n) is 3.40. The average molecular weight is 461 g/mol. The number of aryl methyl sites for hydroxylation is 2. The minimum atomic E-state index is -0.462. The number of carbonyl (C=O) groups excluding carboxylic acids is 2. The van der Waals surface area contributed by atoms with E-state index in [1.54, 1.807) is 17.8 Å². The van der Waals surface area contributed by atoms with Crippen molar-refractivity contribution in [3.05, 3.63) is 72.2 Å². The highest BCUT2D eigenvalue weighted by molar-refractivity contribution is 8.00. The lowest BCUT2D eigenvalue weighted by Gasteiger charge is -2.14. The second kappa shape index (κ2) is 9.83. The van der Waals surface area contributed by atoms with E-state index < -0.39 is 5.25 Å². The summed E-state index contributed by atoms with van der Waals surface area (Å²) in [4.78, 5) is 33.7. The summed E-state index contributed by atoms with van der Waals surface area (Å²) in [5.41, 5.74) is 4.28. The number of nitrogens with one attached hydrogen (secondary N) is 2. The monoisotopic (exact) mass is 460 g/mol. The zero-order chi connectivity index (χ0) is 23.4. The van der Waals surface area contributed by atoms with Crippen LogP contribution in [-0.2, 0) is 9.59 Å². The molecule has 8 nitrogen and oxygen atoms in total. The standard InChI is InChI=1S/C24H24N6O2S/c1-15-8-7-9-16(2)21(15)29-20(31)13-25-23(32)17(3)33-24-19-12-28-30(22(19)26-14-27-24)18-10-5-4-6-11-18/h4-12,14,17H,13H2,1-3H3,(H,25,32)(H,29,31). The van der Waals surface area contributed by atoms with Gasteiger partial charge in [0.05, 0.1) is 29.1 Å². The normalized spacial score (nSPS) is 11.8. The van der Waals surface area contributed by atoms with Crippen molar-refractivity contribution in [2.45, 2.75) is 31.0 Å². The van der Waals surface area contributed by atoms with Crippen LogP contribution in [0.4, 0.5) is 5.69 Å². The summed E-state index contributed by atoms with van der Waals surface area (Å²) >= 11 is 1.30. The van der Waals surface area contributed by atoms with Crippen LogP contribution in [0, 0.1) is 13.8 Å². The number of para-hydroxylation sites is 2. The molecule has 33 heavy (non-hydrogen) atoms. The summed E-state index contributed by atoms with van der Waals surface area (Å²) in [6.07, 6.45) is 3.17. The molecule has 4 aromatic rings. The number of hydrogen-bond donors (Lipinski definition) is 2. The molecule has 0 saturated carbocycles. The van der Waals surface area contributed by atoms with Crippen LogP contribution in [0.3, 0.4) is 0 Å². The number of thioether (sulfide) groups is 1. The lowest BCUT2D eigenvalue weighted by Crippen LogP contribution is -2.37. The molecule has 2 amide bonds. The number of aromatic nitrogens is 4. The molecule has 2 N–H and O–H groups in total. The van der Waals surface area contributed by atoms with E-state index in [0.29, 0.717) is 10.7 Å². The average Bonchev–Trinajstić information content (AvgIpc) is 3.26. The van der Waals surface area contributed by atoms with Crippen molar-refractivity contribution in [2.24, 2.45) is 0 Å². The third kappa shape index (κ3) is 5.04. The maximum absolute atomic E-state index is 12.6. The molecule has 0 spiro atoms. The molecule has 1 unspecified atom stereocenters. The van der Waals surface area contributed by atoms with Gasteiger partial charge in [-0.05, 0) is 44.0 Å². The Bertz CT molecular complexity index is 1280. The van der Waals surface area contributed by atoms with Gasteiger partial charge in [-0.1, -0.05) is 48.2 Å². The first-order chi connectivity index (χ1) is 15.9. The number of fused-ring (bicyclic) bond motifs is 1. The first-order valence-electron chi connectivity index (χ1n) is 10.5. The van der Waals surface area contributed by atoms with E-state index >= 15 is 0 Å². The number of anilines is 1. The fourth-order valence-corrected chi connectivity index (χ4v) is 4.31. The first kappa shape index (κ1) is 22.5. The van der Waals surface area contributed by atoms with Crippen molar-refractivity contribution in [2.75, 3.05) is 11.9 Å². The Kier molecular flexibility index (Phi) is 6.69. The van der Waals surface area contributed by atoms with Crippen molar-refractivity contribution in [1.82, 2.24) is 25.1 Å². The van der Waals surface area contributed by atoms with Crippen LogP contribution in [0.1, 0.15) is 18.1 Å². The number of rotatable bonds is 7. The van der Waals surface area contributed by atoms with Crippen molar-refractivity contribution in [3.8, 4) is 5.69 Å². The van der Waals surface area contributed by atoms with Gasteiger partial charge in [-0.3, -0.25) is 9.59 Å². The topological polar surface area (TPSA) is 102 Å². The molecule has 0 fully saturated rings. The molecule has 0 aliphatic heterocycles. The Hall–Kier alpha value is -3.72. The highest BCUT2D eigenvalue weighted by Crippen LogP contribution is 2.28. The maximum Gasteiger partial charge on any atom is 0.243 e. The smallest absolute Gasteiger partial charge is 0.243 e. The van der Waals surface area contributed by atoms with Crippen LogP contribution in [0.2, 0.25) is 0 Å². The van der Waals surface area contributed by atoms with Gasteiger partial charge in [0.1, 0.15) is 11.4 Å². The molecule has 0 bridgehead atoms. The van der Waals surface area contributed by atoms with Crippen molar-refractivity contribution in [1.29, 1.82) is 0 Å². The predicted molar refractivity (Wildman–Crippen MR) is 130 cm³/mol. The zero-order valence-corrected chi connectivity index (χ0v) is 19.4. The maximum atomic E-state index is 12.6. The van der Waals surface area contributed by atoms with E-state index in [1.165, 1.54) is 18.1 Å². The number of hydrogen-bond acceptors (Lipinski definition) is 6. The number of benzene rings is 2. The van der Waals surface area contributed by atoms with Crippen molar-refractivity contribution < 1.29 is 9.59 Å². The highest BCUT2D eigenvalue weighted by atomic mass is 32.2.